The van der Waals surface area contributed by atoms with E-state index in [1.807, 2.05) is 13.8 Å². The fourth-order valence-electron chi connectivity index (χ4n) is 3.22. The van der Waals surface area contributed by atoms with Crippen molar-refractivity contribution in [3.63, 3.8) is 0 Å². The average Bonchev–Trinajstić information content (AvgIpc) is 2.52. The van der Waals surface area contributed by atoms with Crippen molar-refractivity contribution in [3.05, 3.63) is 0 Å². The molecule has 2 fully saturated rings. The van der Waals surface area contributed by atoms with E-state index in [4.69, 9.17) is 4.74 Å². The van der Waals surface area contributed by atoms with E-state index in [1.165, 1.54) is 0 Å². The number of ether oxygens (including phenoxy) is 1. The molecule has 2 bridgehead atoms. The van der Waals surface area contributed by atoms with E-state index >= 15 is 0 Å². The predicted molar refractivity (Wildman–Crippen MR) is 64.6 cm³/mol. The summed E-state index contributed by atoms with van der Waals surface area (Å²) in [6.45, 7) is 5.00. The molecule has 2 heterocycles. The molecule has 0 aromatic heterocycles. The first kappa shape index (κ1) is 12.8. The van der Waals surface area contributed by atoms with Gasteiger partial charge in [0.25, 0.3) is 0 Å². The Morgan fingerprint density at radius 2 is 2.00 bits per heavy atom. The number of aliphatic hydroxyl groups excluding tert-OH is 1. The summed E-state index contributed by atoms with van der Waals surface area (Å²) in [6.07, 6.45) is 3.92. The maximum absolute atomic E-state index is 11.6. The Kier molecular flexibility index (Phi) is 4.05. The standard InChI is InChI=1S/C13H23NO3/c1-3-17-13(16)9(2)8-14-10-4-5-11(14)7-12(15)6-10/h9-12,15H,3-8H2,1-2H3/t9-,10-,11+,12?/m1/s1. The lowest BCUT2D eigenvalue weighted by molar-refractivity contribution is -0.148. The highest BCUT2D eigenvalue weighted by Crippen LogP contribution is 2.36. The van der Waals surface area contributed by atoms with Crippen molar-refractivity contribution >= 4 is 5.97 Å². The highest BCUT2D eigenvalue weighted by Gasteiger charge is 2.41. The number of nitrogens with zero attached hydrogens (tertiary/aromatic N) is 1. The van der Waals surface area contributed by atoms with Gasteiger partial charge in [0.15, 0.2) is 0 Å². The zero-order valence-electron chi connectivity index (χ0n) is 10.8. The number of carbonyl (C=O) groups excluding carboxylic acids is 1. The van der Waals surface area contributed by atoms with Gasteiger partial charge in [-0.25, -0.2) is 0 Å². The molecular weight excluding hydrogens is 218 g/mol. The van der Waals surface area contributed by atoms with E-state index in [2.05, 4.69) is 4.90 Å². The van der Waals surface area contributed by atoms with Crippen LogP contribution in [0.1, 0.15) is 39.5 Å². The van der Waals surface area contributed by atoms with Crippen molar-refractivity contribution in [1.29, 1.82) is 0 Å². The first-order chi connectivity index (χ1) is 8.11. The summed E-state index contributed by atoms with van der Waals surface area (Å²) >= 11 is 0. The molecule has 4 heteroatoms. The molecule has 2 aliphatic heterocycles. The zero-order chi connectivity index (χ0) is 12.4. The predicted octanol–water partition coefficient (Wildman–Crippen LogP) is 1.17. The summed E-state index contributed by atoms with van der Waals surface area (Å²) in [7, 11) is 0. The number of aliphatic hydroxyl groups is 1. The SMILES string of the molecule is CCOC(=O)[C@H](C)CN1[C@@H]2CC[C@H]1CC(O)C2. The Hall–Kier alpha value is -0.610. The van der Waals surface area contributed by atoms with Gasteiger partial charge in [0, 0.05) is 18.6 Å². The highest BCUT2D eigenvalue weighted by atomic mass is 16.5. The van der Waals surface area contributed by atoms with Crippen LogP contribution in [0.5, 0.6) is 0 Å². The van der Waals surface area contributed by atoms with Gasteiger partial charge < -0.3 is 9.84 Å². The molecule has 4 nitrogen and oxygen atoms in total. The largest absolute Gasteiger partial charge is 0.466 e. The van der Waals surface area contributed by atoms with E-state index < -0.39 is 0 Å². The second-order valence-corrected chi connectivity index (χ2v) is 5.36. The molecule has 4 atom stereocenters. The number of piperidine rings is 1. The first-order valence-electron chi connectivity index (χ1n) is 6.72. The molecule has 0 aromatic rings. The Morgan fingerprint density at radius 1 is 1.41 bits per heavy atom. The Morgan fingerprint density at radius 3 is 2.53 bits per heavy atom. The molecule has 2 saturated heterocycles. The molecule has 0 radical (unpaired) electrons. The molecule has 0 aromatic carbocycles. The molecule has 0 spiro atoms. The normalized spacial score (nSPS) is 34.6. The van der Waals surface area contributed by atoms with Gasteiger partial charge in [-0.05, 0) is 32.6 Å². The molecule has 17 heavy (non-hydrogen) atoms. The molecular formula is C13H23NO3. The molecule has 0 aliphatic carbocycles. The average molecular weight is 241 g/mol. The quantitative estimate of drug-likeness (QED) is 0.751. The first-order valence-corrected chi connectivity index (χ1v) is 6.72. The number of carbonyl (C=O) groups is 1. The lowest BCUT2D eigenvalue weighted by Crippen LogP contribution is -2.47. The summed E-state index contributed by atoms with van der Waals surface area (Å²) in [4.78, 5) is 14.0. The van der Waals surface area contributed by atoms with Crippen molar-refractivity contribution in [3.8, 4) is 0 Å². The van der Waals surface area contributed by atoms with Crippen LogP contribution in [0.3, 0.4) is 0 Å². The van der Waals surface area contributed by atoms with Crippen LogP contribution in [0.25, 0.3) is 0 Å². The number of hydrogen-bond donors (Lipinski definition) is 1. The second-order valence-electron chi connectivity index (χ2n) is 5.36. The zero-order valence-corrected chi connectivity index (χ0v) is 10.8. The summed E-state index contributed by atoms with van der Waals surface area (Å²) in [5.41, 5.74) is 0. The van der Waals surface area contributed by atoms with Gasteiger partial charge in [-0.15, -0.1) is 0 Å². The molecule has 98 valence electrons. The fraction of sp³-hybridized carbons (Fsp3) is 0.923. The number of rotatable bonds is 4. The van der Waals surface area contributed by atoms with Gasteiger partial charge in [0.2, 0.25) is 0 Å². The third-order valence-electron chi connectivity index (χ3n) is 4.03. The van der Waals surface area contributed by atoms with Gasteiger partial charge in [0.1, 0.15) is 0 Å². The van der Waals surface area contributed by atoms with Gasteiger partial charge in [-0.1, -0.05) is 6.92 Å². The monoisotopic (exact) mass is 241 g/mol. The van der Waals surface area contributed by atoms with E-state index in [0.29, 0.717) is 18.7 Å². The van der Waals surface area contributed by atoms with Crippen molar-refractivity contribution in [2.24, 2.45) is 5.92 Å². The maximum Gasteiger partial charge on any atom is 0.309 e. The molecule has 0 amide bonds. The molecule has 1 unspecified atom stereocenters. The maximum atomic E-state index is 11.6. The molecule has 2 aliphatic rings. The third kappa shape index (κ3) is 2.80. The summed E-state index contributed by atoms with van der Waals surface area (Å²) in [5.74, 6) is -0.161. The Balaban J connectivity index is 1.89. The molecule has 0 saturated carbocycles. The van der Waals surface area contributed by atoms with Gasteiger partial charge >= 0.3 is 5.97 Å². The number of hydrogen-bond acceptors (Lipinski definition) is 4. The van der Waals surface area contributed by atoms with E-state index in [9.17, 15) is 9.90 Å². The van der Waals surface area contributed by atoms with Crippen molar-refractivity contribution in [1.82, 2.24) is 4.90 Å². The number of esters is 1. The van der Waals surface area contributed by atoms with Gasteiger partial charge in [-0.2, -0.15) is 0 Å². The summed E-state index contributed by atoms with van der Waals surface area (Å²) < 4.78 is 5.04. The van der Waals surface area contributed by atoms with Crippen LogP contribution in [-0.4, -0.2) is 47.3 Å². The van der Waals surface area contributed by atoms with Crippen LogP contribution in [0.4, 0.5) is 0 Å². The van der Waals surface area contributed by atoms with Crippen LogP contribution in [0.15, 0.2) is 0 Å². The van der Waals surface area contributed by atoms with Crippen LogP contribution in [-0.2, 0) is 9.53 Å². The lowest BCUT2D eigenvalue weighted by atomic mass is 9.98. The summed E-state index contributed by atoms with van der Waals surface area (Å²) in [5, 5.41) is 9.72. The van der Waals surface area contributed by atoms with Crippen molar-refractivity contribution < 1.29 is 14.6 Å². The van der Waals surface area contributed by atoms with Crippen LogP contribution >= 0.6 is 0 Å². The van der Waals surface area contributed by atoms with E-state index in [0.717, 1.165) is 32.2 Å². The highest BCUT2D eigenvalue weighted by molar-refractivity contribution is 5.72. The van der Waals surface area contributed by atoms with Gasteiger partial charge in [0.05, 0.1) is 18.6 Å². The van der Waals surface area contributed by atoms with Gasteiger partial charge in [-0.3, -0.25) is 9.69 Å². The fourth-order valence-corrected chi connectivity index (χ4v) is 3.22. The summed E-state index contributed by atoms with van der Waals surface area (Å²) in [6, 6.07) is 0.946. The smallest absolute Gasteiger partial charge is 0.309 e. The van der Waals surface area contributed by atoms with Crippen LogP contribution in [0, 0.1) is 5.92 Å². The minimum atomic E-state index is -0.137. The van der Waals surface area contributed by atoms with E-state index in [-0.39, 0.29) is 18.0 Å². The minimum absolute atomic E-state index is 0.0618. The van der Waals surface area contributed by atoms with Crippen molar-refractivity contribution in [2.45, 2.75) is 57.7 Å². The van der Waals surface area contributed by atoms with E-state index in [1.54, 1.807) is 0 Å². The third-order valence-corrected chi connectivity index (χ3v) is 4.03. The molecule has 1 N–H and O–H groups in total. The van der Waals surface area contributed by atoms with Crippen LogP contribution < -0.4 is 0 Å². The minimum Gasteiger partial charge on any atom is -0.466 e. The lowest BCUT2D eigenvalue weighted by Gasteiger charge is -2.38. The second kappa shape index (κ2) is 5.36. The van der Waals surface area contributed by atoms with Crippen molar-refractivity contribution in [2.75, 3.05) is 13.2 Å². The number of fused-ring (bicyclic) bond motifs is 2. The molecule has 2 rings (SSSR count). The van der Waals surface area contributed by atoms with Crippen LogP contribution in [0.2, 0.25) is 0 Å². The Bertz CT molecular complexity index is 268. The topological polar surface area (TPSA) is 49.8 Å². The Labute approximate surface area is 103 Å².